The van der Waals surface area contributed by atoms with Crippen LogP contribution in [0.4, 0.5) is 10.8 Å². The van der Waals surface area contributed by atoms with E-state index in [0.29, 0.717) is 22.8 Å². The van der Waals surface area contributed by atoms with E-state index in [1.54, 1.807) is 6.92 Å². The SMILES string of the molecule is CC(=O)NCCCc1ccc(-c2csc(NC(=O)c3ccc([N+](=O)[O-])c(C)c3)n2)cc1. The maximum absolute atomic E-state index is 12.5. The molecule has 0 radical (unpaired) electrons. The number of aromatic nitrogens is 1. The van der Waals surface area contributed by atoms with Gasteiger partial charge in [-0.15, -0.1) is 11.3 Å². The zero-order valence-electron chi connectivity index (χ0n) is 17.2. The molecule has 0 saturated carbocycles. The summed E-state index contributed by atoms with van der Waals surface area (Å²) in [5, 5.41) is 18.8. The number of benzene rings is 2. The lowest BCUT2D eigenvalue weighted by molar-refractivity contribution is -0.385. The number of nitrogens with one attached hydrogen (secondary N) is 2. The lowest BCUT2D eigenvalue weighted by Crippen LogP contribution is -2.21. The third-order valence-electron chi connectivity index (χ3n) is 4.65. The van der Waals surface area contributed by atoms with Crippen molar-refractivity contribution in [3.05, 3.63) is 74.6 Å². The van der Waals surface area contributed by atoms with Gasteiger partial charge in [-0.2, -0.15) is 0 Å². The van der Waals surface area contributed by atoms with Gasteiger partial charge in [-0.05, 0) is 37.5 Å². The second-order valence-electron chi connectivity index (χ2n) is 7.03. The molecule has 8 nitrogen and oxygen atoms in total. The summed E-state index contributed by atoms with van der Waals surface area (Å²) in [6.07, 6.45) is 1.74. The largest absolute Gasteiger partial charge is 0.356 e. The highest BCUT2D eigenvalue weighted by molar-refractivity contribution is 7.14. The highest BCUT2D eigenvalue weighted by Gasteiger charge is 2.15. The molecule has 0 bridgehead atoms. The molecular formula is C22H22N4O4S. The molecule has 0 aliphatic rings. The molecule has 3 aromatic rings. The van der Waals surface area contributed by atoms with Crippen LogP contribution < -0.4 is 10.6 Å². The Bertz CT molecular complexity index is 1110. The van der Waals surface area contributed by atoms with Gasteiger partial charge < -0.3 is 5.32 Å². The number of nitro groups is 1. The first-order chi connectivity index (χ1) is 14.8. The molecule has 2 aromatic carbocycles. The van der Waals surface area contributed by atoms with Gasteiger partial charge in [-0.3, -0.25) is 25.0 Å². The van der Waals surface area contributed by atoms with Crippen LogP contribution in [0.5, 0.6) is 0 Å². The van der Waals surface area contributed by atoms with Gasteiger partial charge in [-0.25, -0.2) is 4.98 Å². The van der Waals surface area contributed by atoms with Gasteiger partial charge >= 0.3 is 0 Å². The summed E-state index contributed by atoms with van der Waals surface area (Å²) in [4.78, 5) is 38.3. The van der Waals surface area contributed by atoms with Crippen LogP contribution in [0, 0.1) is 17.0 Å². The van der Waals surface area contributed by atoms with Crippen molar-refractivity contribution in [2.24, 2.45) is 0 Å². The monoisotopic (exact) mass is 438 g/mol. The molecule has 0 aliphatic carbocycles. The lowest BCUT2D eigenvalue weighted by Gasteiger charge is -2.04. The van der Waals surface area contributed by atoms with Crippen molar-refractivity contribution in [2.45, 2.75) is 26.7 Å². The number of thiazole rings is 1. The first-order valence-corrected chi connectivity index (χ1v) is 10.6. The van der Waals surface area contributed by atoms with E-state index in [-0.39, 0.29) is 17.5 Å². The molecule has 31 heavy (non-hydrogen) atoms. The summed E-state index contributed by atoms with van der Waals surface area (Å²) in [6, 6.07) is 12.3. The standard InChI is InChI=1S/C22H22N4O4S/c1-14-12-18(9-10-20(14)26(29)30)21(28)25-22-24-19(13-31-22)17-7-5-16(6-8-17)4-3-11-23-15(2)27/h5-10,12-13H,3-4,11H2,1-2H3,(H,23,27)(H,24,25,28). The van der Waals surface area contributed by atoms with Crippen LogP contribution in [-0.4, -0.2) is 28.3 Å². The van der Waals surface area contributed by atoms with E-state index in [1.165, 1.54) is 42.0 Å². The molecule has 0 spiro atoms. The van der Waals surface area contributed by atoms with Crippen LogP contribution in [0.25, 0.3) is 11.3 Å². The van der Waals surface area contributed by atoms with Crippen molar-refractivity contribution < 1.29 is 14.5 Å². The fourth-order valence-corrected chi connectivity index (χ4v) is 3.75. The van der Waals surface area contributed by atoms with Crippen LogP contribution in [0.2, 0.25) is 0 Å². The van der Waals surface area contributed by atoms with Gasteiger partial charge in [0, 0.05) is 41.6 Å². The average molecular weight is 439 g/mol. The van der Waals surface area contributed by atoms with Crippen LogP contribution in [0.15, 0.2) is 47.8 Å². The molecule has 160 valence electrons. The van der Waals surface area contributed by atoms with E-state index in [0.717, 1.165) is 24.1 Å². The Morgan fingerprint density at radius 1 is 1.16 bits per heavy atom. The van der Waals surface area contributed by atoms with Crippen LogP contribution >= 0.6 is 11.3 Å². The number of aryl methyl sites for hydroxylation is 2. The van der Waals surface area contributed by atoms with E-state index in [1.807, 2.05) is 29.6 Å². The maximum Gasteiger partial charge on any atom is 0.272 e. The van der Waals surface area contributed by atoms with Gasteiger partial charge in [0.2, 0.25) is 5.91 Å². The normalized spacial score (nSPS) is 10.5. The van der Waals surface area contributed by atoms with Gasteiger partial charge in [0.25, 0.3) is 11.6 Å². The van der Waals surface area contributed by atoms with E-state index >= 15 is 0 Å². The second-order valence-corrected chi connectivity index (χ2v) is 7.89. The molecule has 0 fully saturated rings. The van der Waals surface area contributed by atoms with Gasteiger partial charge in [-0.1, -0.05) is 24.3 Å². The Kier molecular flexibility index (Phi) is 7.09. The van der Waals surface area contributed by atoms with Gasteiger partial charge in [0.15, 0.2) is 5.13 Å². The Morgan fingerprint density at radius 2 is 1.90 bits per heavy atom. The molecule has 0 atom stereocenters. The number of carbonyl (C=O) groups is 2. The van der Waals surface area contributed by atoms with Crippen molar-refractivity contribution in [3.63, 3.8) is 0 Å². The van der Waals surface area contributed by atoms with E-state index < -0.39 is 4.92 Å². The molecule has 2 amide bonds. The molecule has 0 aliphatic heterocycles. The highest BCUT2D eigenvalue weighted by atomic mass is 32.1. The molecule has 1 aromatic heterocycles. The number of nitro benzene ring substituents is 1. The maximum atomic E-state index is 12.5. The predicted molar refractivity (Wildman–Crippen MR) is 120 cm³/mol. The number of anilines is 1. The molecule has 0 saturated heterocycles. The van der Waals surface area contributed by atoms with Crippen LogP contribution in [-0.2, 0) is 11.2 Å². The third-order valence-corrected chi connectivity index (χ3v) is 5.40. The minimum Gasteiger partial charge on any atom is -0.356 e. The summed E-state index contributed by atoms with van der Waals surface area (Å²) in [7, 11) is 0. The van der Waals surface area contributed by atoms with Crippen molar-refractivity contribution >= 4 is 34.0 Å². The van der Waals surface area contributed by atoms with Crippen molar-refractivity contribution in [2.75, 3.05) is 11.9 Å². The van der Waals surface area contributed by atoms with Crippen LogP contribution in [0.3, 0.4) is 0 Å². The first kappa shape index (κ1) is 22.1. The smallest absolute Gasteiger partial charge is 0.272 e. The molecule has 2 N–H and O–H groups in total. The molecule has 3 rings (SSSR count). The second kappa shape index (κ2) is 9.94. The number of rotatable bonds is 8. The fraction of sp³-hybridized carbons (Fsp3) is 0.227. The fourth-order valence-electron chi connectivity index (χ4n) is 3.03. The highest BCUT2D eigenvalue weighted by Crippen LogP contribution is 2.26. The molecule has 1 heterocycles. The van der Waals surface area contributed by atoms with E-state index in [2.05, 4.69) is 15.6 Å². The summed E-state index contributed by atoms with van der Waals surface area (Å²) < 4.78 is 0. The van der Waals surface area contributed by atoms with E-state index in [4.69, 9.17) is 0 Å². The van der Waals surface area contributed by atoms with Gasteiger partial charge in [0.05, 0.1) is 10.6 Å². The third kappa shape index (κ3) is 5.95. The zero-order chi connectivity index (χ0) is 22.4. The Labute approximate surface area is 183 Å². The number of nitrogens with zero attached hydrogens (tertiary/aromatic N) is 2. The summed E-state index contributed by atoms with van der Waals surface area (Å²) in [5.74, 6) is -0.390. The summed E-state index contributed by atoms with van der Waals surface area (Å²) >= 11 is 1.31. The van der Waals surface area contributed by atoms with Crippen molar-refractivity contribution in [1.29, 1.82) is 0 Å². The topological polar surface area (TPSA) is 114 Å². The number of carbonyl (C=O) groups excluding carboxylic acids is 2. The van der Waals surface area contributed by atoms with Crippen molar-refractivity contribution in [3.8, 4) is 11.3 Å². The molecular weight excluding hydrogens is 416 g/mol. The van der Waals surface area contributed by atoms with Gasteiger partial charge in [0.1, 0.15) is 0 Å². The zero-order valence-corrected chi connectivity index (χ0v) is 18.0. The number of hydrogen-bond acceptors (Lipinski definition) is 6. The van der Waals surface area contributed by atoms with Crippen LogP contribution in [0.1, 0.15) is 34.8 Å². The summed E-state index contributed by atoms with van der Waals surface area (Å²) in [5.41, 5.74) is 3.61. The summed E-state index contributed by atoms with van der Waals surface area (Å²) in [6.45, 7) is 3.76. The lowest BCUT2D eigenvalue weighted by atomic mass is 10.1. The molecule has 0 unspecified atom stereocenters. The minimum atomic E-state index is -0.474. The van der Waals surface area contributed by atoms with E-state index in [9.17, 15) is 19.7 Å². The minimum absolute atomic E-state index is 0.0216. The molecule has 9 heteroatoms. The van der Waals surface area contributed by atoms with Crippen molar-refractivity contribution in [1.82, 2.24) is 10.3 Å². The quantitative estimate of drug-likeness (QED) is 0.308. The Morgan fingerprint density at radius 3 is 2.55 bits per heavy atom. The number of hydrogen-bond donors (Lipinski definition) is 2. The first-order valence-electron chi connectivity index (χ1n) is 9.69. The predicted octanol–water partition coefficient (Wildman–Crippen LogP) is 4.35. The average Bonchev–Trinajstić information content (AvgIpc) is 3.19. The Balaban J connectivity index is 1.61. The Hall–Kier alpha value is -3.59. The number of amides is 2.